The number of aryl methyl sites for hydroxylation is 1. The van der Waals surface area contributed by atoms with E-state index in [9.17, 15) is 9.50 Å². The molecule has 0 amide bonds. The molecule has 9 nitrogen and oxygen atoms in total. The lowest BCUT2D eigenvalue weighted by molar-refractivity contribution is -0.0502. The molecule has 5 atom stereocenters. The van der Waals surface area contributed by atoms with Crippen molar-refractivity contribution in [3.8, 4) is 5.88 Å². The molecule has 170 valence electrons. The number of rotatable bonds is 7. The normalized spacial score (nSPS) is 30.1. The summed E-state index contributed by atoms with van der Waals surface area (Å²) in [6.45, 7) is 5.60. The van der Waals surface area contributed by atoms with Crippen LogP contribution in [0.15, 0.2) is 6.07 Å². The van der Waals surface area contributed by atoms with Gasteiger partial charge in [0.1, 0.15) is 6.61 Å². The van der Waals surface area contributed by atoms with Crippen LogP contribution in [0.25, 0.3) is 0 Å². The van der Waals surface area contributed by atoms with Crippen molar-refractivity contribution in [3.05, 3.63) is 17.6 Å². The Bertz CT molecular complexity index is 919. The van der Waals surface area contributed by atoms with E-state index >= 15 is 0 Å². The number of hydrogen-bond acceptors (Lipinski definition) is 8. The van der Waals surface area contributed by atoms with Crippen LogP contribution in [0, 0.1) is 30.5 Å². The molecule has 31 heavy (non-hydrogen) atoms. The lowest BCUT2D eigenvalue weighted by Gasteiger charge is -2.49. The number of fused-ring (bicyclic) bond motifs is 2. The van der Waals surface area contributed by atoms with Crippen molar-refractivity contribution in [2.24, 2.45) is 17.8 Å². The van der Waals surface area contributed by atoms with Gasteiger partial charge in [-0.15, -0.1) is 0 Å². The zero-order chi connectivity index (χ0) is 22.2. The van der Waals surface area contributed by atoms with E-state index < -0.39 is 11.4 Å². The summed E-state index contributed by atoms with van der Waals surface area (Å²) in [5.74, 6) is 0.763. The number of anilines is 3. The fourth-order valence-corrected chi connectivity index (χ4v) is 5.28. The maximum Gasteiger partial charge on any atom is 0.257 e. The van der Waals surface area contributed by atoms with Crippen molar-refractivity contribution in [2.75, 3.05) is 23.8 Å². The van der Waals surface area contributed by atoms with Gasteiger partial charge in [0.15, 0.2) is 11.6 Å². The average Bonchev–Trinajstić information content (AvgIpc) is 3.09. The predicted octanol–water partition coefficient (Wildman–Crippen LogP) is 2.75. The topological polar surface area (TPSA) is 128 Å². The van der Waals surface area contributed by atoms with Gasteiger partial charge in [0, 0.05) is 17.8 Å². The molecule has 2 heterocycles. The van der Waals surface area contributed by atoms with Gasteiger partial charge in [-0.1, -0.05) is 6.92 Å². The van der Waals surface area contributed by atoms with Gasteiger partial charge in [0.25, 0.3) is 5.88 Å². The van der Waals surface area contributed by atoms with Crippen LogP contribution < -0.4 is 15.4 Å². The Morgan fingerprint density at radius 1 is 1.32 bits per heavy atom. The largest absolute Gasteiger partial charge is 0.473 e. The third-order valence-corrected chi connectivity index (χ3v) is 6.29. The van der Waals surface area contributed by atoms with Crippen LogP contribution in [0.3, 0.4) is 0 Å². The van der Waals surface area contributed by atoms with E-state index in [0.717, 1.165) is 25.0 Å². The third kappa shape index (κ3) is 4.90. The molecule has 2 bridgehead atoms. The van der Waals surface area contributed by atoms with E-state index in [1.165, 1.54) is 0 Å². The molecule has 2 saturated carbocycles. The summed E-state index contributed by atoms with van der Waals surface area (Å²) in [5.41, 5.74) is 0.152. The molecule has 2 aliphatic rings. The van der Waals surface area contributed by atoms with Crippen molar-refractivity contribution in [1.29, 1.82) is 0 Å². The summed E-state index contributed by atoms with van der Waals surface area (Å²) in [5, 5.41) is 32.9. The third-order valence-electron chi connectivity index (χ3n) is 6.29. The summed E-state index contributed by atoms with van der Waals surface area (Å²) in [4.78, 5) is 8.58. The van der Waals surface area contributed by atoms with Crippen molar-refractivity contribution >= 4 is 17.6 Å². The van der Waals surface area contributed by atoms with Gasteiger partial charge in [0.05, 0.1) is 12.2 Å². The molecular weight excluding hydrogens is 403 g/mol. The van der Waals surface area contributed by atoms with Gasteiger partial charge in [-0.3, -0.25) is 5.10 Å². The van der Waals surface area contributed by atoms with Gasteiger partial charge in [0.2, 0.25) is 11.8 Å². The minimum atomic E-state index is -0.753. The van der Waals surface area contributed by atoms with E-state index in [4.69, 9.17) is 9.84 Å². The van der Waals surface area contributed by atoms with Crippen LogP contribution in [0.2, 0.25) is 0 Å². The Hall–Kier alpha value is -2.46. The molecule has 5 N–H and O–H groups in total. The second-order valence-electron chi connectivity index (χ2n) is 9.30. The Balaban J connectivity index is 1.61. The first kappa shape index (κ1) is 21.8. The minimum Gasteiger partial charge on any atom is -0.473 e. The Kier molecular flexibility index (Phi) is 6.02. The maximum atomic E-state index is 14.9. The molecule has 2 fully saturated rings. The van der Waals surface area contributed by atoms with Gasteiger partial charge < -0.3 is 25.6 Å². The highest BCUT2D eigenvalue weighted by molar-refractivity contribution is 5.56. The monoisotopic (exact) mass is 434 g/mol. The molecule has 5 unspecified atom stereocenters. The molecule has 0 aromatic carbocycles. The number of aromatic amines is 1. The summed E-state index contributed by atoms with van der Waals surface area (Å²) < 4.78 is 20.3. The van der Waals surface area contributed by atoms with Crippen LogP contribution in [0.5, 0.6) is 5.88 Å². The number of halogens is 1. The number of aliphatic hydroxyl groups is 2. The van der Waals surface area contributed by atoms with Crippen LogP contribution in [-0.2, 0) is 0 Å². The lowest BCUT2D eigenvalue weighted by atomic mass is 9.61. The van der Waals surface area contributed by atoms with Crippen LogP contribution >= 0.6 is 0 Å². The zero-order valence-electron chi connectivity index (χ0n) is 18.2. The molecule has 2 aliphatic carbocycles. The number of aliphatic hydroxyl groups excluding tert-OH is 1. The first-order valence-corrected chi connectivity index (χ1v) is 10.8. The Morgan fingerprint density at radius 3 is 2.84 bits per heavy atom. The molecule has 0 spiro atoms. The average molecular weight is 435 g/mol. The fraction of sp³-hybridized carbons (Fsp3) is 0.667. The fourth-order valence-electron chi connectivity index (χ4n) is 5.28. The predicted molar refractivity (Wildman–Crippen MR) is 114 cm³/mol. The smallest absolute Gasteiger partial charge is 0.257 e. The highest BCUT2D eigenvalue weighted by atomic mass is 19.1. The molecule has 0 radical (unpaired) electrons. The first-order valence-electron chi connectivity index (χ1n) is 10.8. The molecular formula is C21H31FN6O3. The van der Waals surface area contributed by atoms with Crippen LogP contribution in [-0.4, -0.2) is 55.2 Å². The lowest BCUT2D eigenvalue weighted by Crippen LogP contribution is -2.50. The molecule has 2 aromatic rings. The molecule has 4 rings (SSSR count). The van der Waals surface area contributed by atoms with Crippen LogP contribution in [0.1, 0.15) is 45.2 Å². The quantitative estimate of drug-likeness (QED) is 0.450. The molecule has 0 aliphatic heterocycles. The molecule has 2 aromatic heterocycles. The first-order chi connectivity index (χ1) is 14.7. The van der Waals surface area contributed by atoms with Crippen molar-refractivity contribution < 1.29 is 19.3 Å². The maximum absolute atomic E-state index is 14.9. The minimum absolute atomic E-state index is 0.0552. The second-order valence-corrected chi connectivity index (χ2v) is 9.30. The van der Waals surface area contributed by atoms with Gasteiger partial charge in [-0.2, -0.15) is 19.5 Å². The number of nitrogens with one attached hydrogen (secondary N) is 3. The highest BCUT2D eigenvalue weighted by Crippen LogP contribution is 2.47. The summed E-state index contributed by atoms with van der Waals surface area (Å²) in [7, 11) is 0. The summed E-state index contributed by atoms with van der Waals surface area (Å²) >= 11 is 0. The Labute approximate surface area is 180 Å². The Morgan fingerprint density at radius 2 is 2.13 bits per heavy atom. The van der Waals surface area contributed by atoms with E-state index in [0.29, 0.717) is 24.1 Å². The summed E-state index contributed by atoms with van der Waals surface area (Å²) in [6.07, 6.45) is 3.60. The summed E-state index contributed by atoms with van der Waals surface area (Å²) in [6, 6.07) is 1.79. The zero-order valence-corrected chi connectivity index (χ0v) is 18.2. The van der Waals surface area contributed by atoms with E-state index in [1.807, 2.05) is 13.8 Å². The van der Waals surface area contributed by atoms with Crippen molar-refractivity contribution in [1.82, 2.24) is 20.2 Å². The van der Waals surface area contributed by atoms with E-state index in [-0.39, 0.29) is 42.8 Å². The van der Waals surface area contributed by atoms with Gasteiger partial charge in [-0.05, 0) is 57.3 Å². The SMILES string of the molecule is Cc1cc(Nc2nc(NC3C(C)CC4CC3CC(C)(O)C4)nc(OCCO)c2F)n[nH]1. The number of ether oxygens (including phenoxy) is 1. The van der Waals surface area contributed by atoms with Crippen molar-refractivity contribution in [3.63, 3.8) is 0 Å². The number of H-pyrrole nitrogens is 1. The standard InChI is InChI=1S/C21H31FN6O3/c1-11-6-13-8-14(10-21(3,30)9-13)17(11)24-20-25-18(23-15-7-12(2)27-28-15)16(22)19(26-20)31-5-4-29/h7,11,13-14,17,29-30H,4-6,8-10H2,1-3H3,(H3,23,24,25,26,27,28). The van der Waals surface area contributed by atoms with Gasteiger partial charge >= 0.3 is 0 Å². The van der Waals surface area contributed by atoms with Gasteiger partial charge in [-0.25, -0.2) is 0 Å². The second kappa shape index (κ2) is 8.58. The highest BCUT2D eigenvalue weighted by Gasteiger charge is 2.45. The van der Waals surface area contributed by atoms with E-state index in [2.05, 4.69) is 37.7 Å². The van der Waals surface area contributed by atoms with Crippen LogP contribution in [0.4, 0.5) is 22.0 Å². The number of nitrogens with zero attached hydrogens (tertiary/aromatic N) is 3. The number of hydrogen-bond donors (Lipinski definition) is 5. The van der Waals surface area contributed by atoms with E-state index in [1.54, 1.807) is 6.07 Å². The van der Waals surface area contributed by atoms with Crippen molar-refractivity contribution in [2.45, 2.75) is 58.1 Å². The molecule has 0 saturated heterocycles. The number of aromatic nitrogens is 4. The molecule has 10 heteroatoms.